The summed E-state index contributed by atoms with van der Waals surface area (Å²) in [7, 11) is 0. The summed E-state index contributed by atoms with van der Waals surface area (Å²) < 4.78 is 46.1. The van der Waals surface area contributed by atoms with Crippen LogP contribution in [0.2, 0.25) is 0 Å². The third kappa shape index (κ3) is 3.00. The van der Waals surface area contributed by atoms with Gasteiger partial charge in [-0.25, -0.2) is 0 Å². The molecular weight excluding hydrogens is 330 g/mol. The van der Waals surface area contributed by atoms with E-state index in [9.17, 15) is 0 Å². The summed E-state index contributed by atoms with van der Waals surface area (Å²) >= 11 is 0. The lowest BCUT2D eigenvalue weighted by atomic mass is 10.0. The largest absolute Gasteiger partial charge is 0.456 e. The molecule has 0 aliphatic rings. The standard InChI is InChI=1S/C25H19NO/c1-17-11-12-26-23(13-17)20-8-10-24-22(16-20)21-9-7-19(15-25(21)27-24)14-18-5-3-2-4-6-18/h2-13,15-16H,14H2,1H3/i1D3,14D2. The second-order valence-corrected chi connectivity index (χ2v) is 6.44. The van der Waals surface area contributed by atoms with Gasteiger partial charge in [-0.2, -0.15) is 0 Å². The minimum Gasteiger partial charge on any atom is -0.456 e. The van der Waals surface area contributed by atoms with Gasteiger partial charge in [0.25, 0.3) is 0 Å². The molecule has 2 nitrogen and oxygen atoms in total. The molecular formula is C25H19NO. The molecule has 0 aliphatic carbocycles. The maximum Gasteiger partial charge on any atom is 0.135 e. The Balaban J connectivity index is 1.60. The Hall–Kier alpha value is -3.39. The van der Waals surface area contributed by atoms with Gasteiger partial charge in [0.1, 0.15) is 11.2 Å². The Labute approximate surface area is 165 Å². The van der Waals surface area contributed by atoms with E-state index < -0.39 is 13.2 Å². The summed E-state index contributed by atoms with van der Waals surface area (Å²) in [6.07, 6.45) is -0.147. The molecule has 2 heteroatoms. The van der Waals surface area contributed by atoms with Gasteiger partial charge in [0.2, 0.25) is 0 Å². The number of pyridine rings is 1. The number of fused-ring (bicyclic) bond motifs is 3. The zero-order valence-electron chi connectivity index (χ0n) is 19.4. The van der Waals surface area contributed by atoms with Crippen molar-refractivity contribution < 1.29 is 11.3 Å². The van der Waals surface area contributed by atoms with Crippen molar-refractivity contribution in [3.63, 3.8) is 0 Å². The molecule has 0 spiro atoms. The number of benzene rings is 3. The van der Waals surface area contributed by atoms with Crippen molar-refractivity contribution >= 4 is 21.9 Å². The summed E-state index contributed by atoms with van der Waals surface area (Å²) in [5.41, 5.74) is 3.97. The predicted molar refractivity (Wildman–Crippen MR) is 111 cm³/mol. The number of furan rings is 1. The number of hydrogen-bond donors (Lipinski definition) is 0. The number of aryl methyl sites for hydroxylation is 1. The quantitative estimate of drug-likeness (QED) is 0.367. The van der Waals surface area contributed by atoms with Crippen LogP contribution >= 0.6 is 0 Å². The molecule has 5 aromatic rings. The minimum atomic E-state index is -2.20. The smallest absolute Gasteiger partial charge is 0.135 e. The number of hydrogen-bond acceptors (Lipinski definition) is 2. The molecule has 2 heterocycles. The highest BCUT2D eigenvalue weighted by Gasteiger charge is 2.10. The van der Waals surface area contributed by atoms with E-state index in [4.69, 9.17) is 11.3 Å². The van der Waals surface area contributed by atoms with Crippen LogP contribution in [0.1, 0.15) is 23.5 Å². The van der Waals surface area contributed by atoms with Crippen LogP contribution in [0.5, 0.6) is 0 Å². The van der Waals surface area contributed by atoms with E-state index in [0.717, 1.165) is 16.3 Å². The van der Waals surface area contributed by atoms with Crippen molar-refractivity contribution in [2.45, 2.75) is 13.2 Å². The Kier molecular flexibility index (Phi) is 2.69. The fourth-order valence-electron chi connectivity index (χ4n) is 3.29. The Morgan fingerprint density at radius 3 is 2.67 bits per heavy atom. The zero-order chi connectivity index (χ0) is 22.5. The molecule has 5 rings (SSSR count). The average Bonchev–Trinajstić information content (AvgIpc) is 3.16. The summed E-state index contributed by atoms with van der Waals surface area (Å²) in [5, 5.41) is 1.73. The van der Waals surface area contributed by atoms with E-state index in [0.29, 0.717) is 28.0 Å². The summed E-state index contributed by atoms with van der Waals surface area (Å²) in [6, 6.07) is 23.2. The molecule has 3 aromatic carbocycles. The zero-order valence-corrected chi connectivity index (χ0v) is 14.4. The van der Waals surface area contributed by atoms with Crippen molar-refractivity contribution in [2.75, 3.05) is 0 Å². The molecule has 0 saturated carbocycles. The van der Waals surface area contributed by atoms with E-state index >= 15 is 0 Å². The highest BCUT2D eigenvalue weighted by atomic mass is 16.3. The van der Waals surface area contributed by atoms with Crippen molar-refractivity contribution in [2.24, 2.45) is 0 Å². The van der Waals surface area contributed by atoms with Crippen LogP contribution in [0.25, 0.3) is 33.2 Å². The lowest BCUT2D eigenvalue weighted by molar-refractivity contribution is 0.668. The molecule has 0 fully saturated rings. The number of nitrogens with zero attached hydrogens (tertiary/aromatic N) is 1. The van der Waals surface area contributed by atoms with Crippen LogP contribution in [-0.4, -0.2) is 4.98 Å². The van der Waals surface area contributed by atoms with Crippen molar-refractivity contribution in [3.05, 3.63) is 102 Å². The molecule has 0 bridgehead atoms. The second kappa shape index (κ2) is 6.40. The molecule has 0 unspecified atom stereocenters. The van der Waals surface area contributed by atoms with Gasteiger partial charge in [-0.1, -0.05) is 42.5 Å². The van der Waals surface area contributed by atoms with Gasteiger partial charge in [-0.3, -0.25) is 4.98 Å². The third-order valence-corrected chi connectivity index (χ3v) is 4.59. The SMILES string of the molecule is [2H]C([2H])([2H])c1ccnc(-c2ccc3oc4cc(C([2H])([2H])c5ccccc5)ccc4c3c2)c1. The minimum absolute atomic E-state index is 0.243. The lowest BCUT2D eigenvalue weighted by Crippen LogP contribution is -1.86. The Morgan fingerprint density at radius 1 is 0.852 bits per heavy atom. The predicted octanol–water partition coefficient (Wildman–Crippen LogP) is 6.55. The Bertz CT molecular complexity index is 1440. The molecule has 0 radical (unpaired) electrons. The lowest BCUT2D eigenvalue weighted by Gasteiger charge is -2.02. The maximum atomic E-state index is 8.61. The van der Waals surface area contributed by atoms with Crippen LogP contribution in [-0.2, 0) is 6.37 Å². The first-order valence-electron chi connectivity index (χ1n) is 11.2. The first kappa shape index (κ1) is 11.3. The molecule has 27 heavy (non-hydrogen) atoms. The van der Waals surface area contributed by atoms with E-state index in [1.807, 2.05) is 42.5 Å². The maximum absolute atomic E-state index is 8.61. The highest BCUT2D eigenvalue weighted by Crippen LogP contribution is 2.33. The molecule has 130 valence electrons. The normalized spacial score (nSPS) is 15.0. The first-order chi connectivity index (χ1) is 15.2. The van der Waals surface area contributed by atoms with Crippen molar-refractivity contribution in [1.82, 2.24) is 4.98 Å². The van der Waals surface area contributed by atoms with E-state index in [2.05, 4.69) is 4.98 Å². The van der Waals surface area contributed by atoms with Gasteiger partial charge in [0.15, 0.2) is 0 Å². The van der Waals surface area contributed by atoms with Crippen LogP contribution < -0.4 is 0 Å². The molecule has 0 aliphatic heterocycles. The van der Waals surface area contributed by atoms with Crippen molar-refractivity contribution in [3.8, 4) is 11.3 Å². The summed E-state index contributed by atoms with van der Waals surface area (Å²) in [4.78, 5) is 4.34. The molecule has 0 atom stereocenters. The molecule has 0 saturated heterocycles. The third-order valence-electron chi connectivity index (χ3n) is 4.59. The van der Waals surface area contributed by atoms with Gasteiger partial charge >= 0.3 is 0 Å². The van der Waals surface area contributed by atoms with E-state index in [1.54, 1.807) is 30.3 Å². The van der Waals surface area contributed by atoms with Gasteiger partial charge in [0.05, 0.1) is 5.69 Å². The van der Waals surface area contributed by atoms with Crippen LogP contribution in [0.15, 0.2) is 89.5 Å². The molecule has 0 amide bonds. The van der Waals surface area contributed by atoms with Gasteiger partial charge in [-0.05, 0) is 66.3 Å². The number of aromatic nitrogens is 1. The Morgan fingerprint density at radius 2 is 1.78 bits per heavy atom. The van der Waals surface area contributed by atoms with Gasteiger partial charge in [-0.15, -0.1) is 0 Å². The van der Waals surface area contributed by atoms with Crippen LogP contribution in [0.3, 0.4) is 0 Å². The van der Waals surface area contributed by atoms with E-state index in [-0.39, 0.29) is 5.56 Å². The number of rotatable bonds is 3. The van der Waals surface area contributed by atoms with E-state index in [1.165, 1.54) is 12.3 Å². The van der Waals surface area contributed by atoms with Gasteiger partial charge < -0.3 is 4.42 Å². The second-order valence-electron chi connectivity index (χ2n) is 6.44. The monoisotopic (exact) mass is 354 g/mol. The fraction of sp³-hybridized carbons (Fsp3) is 0.0800. The van der Waals surface area contributed by atoms with Crippen LogP contribution in [0.4, 0.5) is 0 Å². The van der Waals surface area contributed by atoms with Crippen LogP contribution in [0, 0.1) is 6.85 Å². The van der Waals surface area contributed by atoms with Gasteiger partial charge in [0, 0.05) is 29.4 Å². The van der Waals surface area contributed by atoms with Crippen molar-refractivity contribution in [1.29, 1.82) is 0 Å². The highest BCUT2D eigenvalue weighted by molar-refractivity contribution is 6.06. The molecule has 0 N–H and O–H groups in total. The summed E-state index contributed by atoms with van der Waals surface area (Å²) in [5.74, 6) is 0. The fourth-order valence-corrected chi connectivity index (χ4v) is 3.29. The first-order valence-corrected chi connectivity index (χ1v) is 8.73. The topological polar surface area (TPSA) is 26.0 Å². The molecule has 2 aromatic heterocycles. The summed E-state index contributed by atoms with van der Waals surface area (Å²) in [6.45, 7) is -2.20. The average molecular weight is 354 g/mol.